The summed E-state index contributed by atoms with van der Waals surface area (Å²) >= 11 is 5.89. The van der Waals surface area contributed by atoms with Crippen molar-refractivity contribution in [3.8, 4) is 0 Å². The average molecular weight is 501 g/mol. The maximum atomic E-state index is 12.7. The molecule has 4 N–H and O–H groups in total. The zero-order valence-electron chi connectivity index (χ0n) is 19.8. The summed E-state index contributed by atoms with van der Waals surface area (Å²) in [5, 5.41) is 19.8. The Bertz CT molecular complexity index is 1210. The van der Waals surface area contributed by atoms with Crippen molar-refractivity contribution < 1.29 is 23.8 Å². The lowest BCUT2D eigenvalue weighted by Gasteiger charge is -2.24. The van der Waals surface area contributed by atoms with Crippen LogP contribution in [0.25, 0.3) is 11.0 Å². The lowest BCUT2D eigenvalue weighted by Crippen LogP contribution is -2.51. The molecule has 0 spiro atoms. The maximum absolute atomic E-state index is 12.7. The molecule has 35 heavy (non-hydrogen) atoms. The predicted octanol–water partition coefficient (Wildman–Crippen LogP) is 4.35. The van der Waals surface area contributed by atoms with Crippen LogP contribution in [0.5, 0.6) is 0 Å². The van der Waals surface area contributed by atoms with Gasteiger partial charge >= 0.3 is 12.1 Å². The Kier molecular flexibility index (Phi) is 7.49. The average Bonchev–Trinajstić information content (AvgIpc) is 3.43. The largest absolute Gasteiger partial charge is 0.461 e. The summed E-state index contributed by atoms with van der Waals surface area (Å²) in [5.74, 6) is 0.782. The van der Waals surface area contributed by atoms with Crippen LogP contribution in [0.3, 0.4) is 0 Å². The Labute approximate surface area is 208 Å². The Hall–Kier alpha value is -3.27. The minimum absolute atomic E-state index is 0.212. The Morgan fingerprint density at radius 2 is 1.89 bits per heavy atom. The Balaban J connectivity index is 1.35. The number of imide groups is 1. The molecule has 0 radical (unpaired) electrons. The number of hydrogen-bond acceptors (Lipinski definition) is 6. The third-order valence-corrected chi connectivity index (χ3v) is 6.09. The fraction of sp³-hybridized carbons (Fsp3) is 0.360. The molecule has 1 aromatic heterocycles. The number of nitrogens with zero attached hydrogens (tertiary/aromatic N) is 1. The highest BCUT2D eigenvalue weighted by Gasteiger charge is 2.38. The molecule has 1 aliphatic rings. The van der Waals surface area contributed by atoms with Gasteiger partial charge in [-0.25, -0.2) is 14.5 Å². The topological polar surface area (TPSA) is 119 Å². The number of rotatable bonds is 8. The monoisotopic (exact) mass is 500 g/mol. The summed E-state index contributed by atoms with van der Waals surface area (Å²) in [4.78, 5) is 26.4. The second-order valence-electron chi connectivity index (χ2n) is 8.46. The number of nitrogens with one attached hydrogen (secondary N) is 3. The smallest absolute Gasteiger partial charge is 0.327 e. The van der Waals surface area contributed by atoms with Gasteiger partial charge in [-0.05, 0) is 56.7 Å². The molecule has 3 aromatic rings. The first-order valence-electron chi connectivity index (χ1n) is 11.5. The van der Waals surface area contributed by atoms with Crippen LogP contribution in [0.4, 0.5) is 15.3 Å². The van der Waals surface area contributed by atoms with Crippen molar-refractivity contribution in [1.29, 1.82) is 0 Å². The van der Waals surface area contributed by atoms with Crippen LogP contribution in [0.15, 0.2) is 46.9 Å². The zero-order valence-corrected chi connectivity index (χ0v) is 20.6. The number of carbonyl (C=O) groups is 2. The molecule has 1 saturated heterocycles. The number of benzene rings is 2. The summed E-state index contributed by atoms with van der Waals surface area (Å²) in [5.41, 5.74) is 3.38. The number of halogens is 1. The van der Waals surface area contributed by atoms with Crippen molar-refractivity contribution in [2.45, 2.75) is 52.3 Å². The molecule has 2 heterocycles. The maximum Gasteiger partial charge on any atom is 0.327 e. The molecule has 0 saturated carbocycles. The quantitative estimate of drug-likeness (QED) is 0.269. The van der Waals surface area contributed by atoms with E-state index in [0.29, 0.717) is 11.4 Å². The van der Waals surface area contributed by atoms with Gasteiger partial charge in [-0.15, -0.1) is 0 Å². The van der Waals surface area contributed by atoms with E-state index in [-0.39, 0.29) is 19.2 Å². The second-order valence-corrected chi connectivity index (χ2v) is 8.90. The van der Waals surface area contributed by atoms with Crippen LogP contribution in [0.2, 0.25) is 5.02 Å². The minimum atomic E-state index is -0.721. The molecule has 3 unspecified atom stereocenters. The number of ether oxygens (including phenoxy) is 1. The van der Waals surface area contributed by atoms with Crippen LogP contribution < -0.4 is 16.0 Å². The number of urea groups is 2. The molecule has 10 heteroatoms. The van der Waals surface area contributed by atoms with Crippen molar-refractivity contribution in [2.24, 2.45) is 0 Å². The van der Waals surface area contributed by atoms with Gasteiger partial charge in [-0.3, -0.25) is 0 Å². The molecular formula is C25H29ClN4O5. The van der Waals surface area contributed by atoms with E-state index in [2.05, 4.69) is 16.0 Å². The highest BCUT2D eigenvalue weighted by atomic mass is 35.5. The number of epoxide rings is 1. The fourth-order valence-corrected chi connectivity index (χ4v) is 4.03. The van der Waals surface area contributed by atoms with E-state index in [1.54, 1.807) is 26.0 Å². The molecule has 4 amide bonds. The van der Waals surface area contributed by atoms with Crippen molar-refractivity contribution in [3.63, 3.8) is 0 Å². The van der Waals surface area contributed by atoms with Gasteiger partial charge in [0, 0.05) is 41.2 Å². The number of fused-ring (bicyclic) bond motifs is 1. The van der Waals surface area contributed by atoms with E-state index in [4.69, 9.17) is 20.8 Å². The van der Waals surface area contributed by atoms with E-state index < -0.39 is 24.5 Å². The van der Waals surface area contributed by atoms with Gasteiger partial charge in [-0.2, -0.15) is 0 Å². The molecule has 0 bridgehead atoms. The third-order valence-electron chi connectivity index (χ3n) is 5.84. The summed E-state index contributed by atoms with van der Waals surface area (Å²) in [6, 6.07) is 11.8. The number of aliphatic hydroxyl groups is 1. The van der Waals surface area contributed by atoms with Crippen molar-refractivity contribution in [1.82, 2.24) is 15.5 Å². The normalized spacial score (nSPS) is 17.6. The third kappa shape index (κ3) is 6.05. The number of anilines is 1. The number of furan rings is 1. The van der Waals surface area contributed by atoms with E-state index in [1.807, 2.05) is 37.3 Å². The number of aryl methyl sites for hydroxylation is 1. The highest BCUT2D eigenvalue weighted by molar-refractivity contribution is 6.30. The van der Waals surface area contributed by atoms with E-state index in [1.165, 1.54) is 0 Å². The number of amides is 4. The van der Waals surface area contributed by atoms with Crippen molar-refractivity contribution in [3.05, 3.63) is 64.4 Å². The molecular weight excluding hydrogens is 472 g/mol. The van der Waals surface area contributed by atoms with Gasteiger partial charge in [0.2, 0.25) is 0 Å². The van der Waals surface area contributed by atoms with E-state index >= 15 is 0 Å². The van der Waals surface area contributed by atoms with Gasteiger partial charge in [0.25, 0.3) is 0 Å². The number of carbonyl (C=O) groups excluding carboxylic acids is 2. The van der Waals surface area contributed by atoms with E-state index in [0.717, 1.165) is 38.4 Å². The molecule has 9 nitrogen and oxygen atoms in total. The van der Waals surface area contributed by atoms with Crippen LogP contribution in [0, 0.1) is 6.92 Å². The van der Waals surface area contributed by atoms with Crippen molar-refractivity contribution >= 4 is 40.3 Å². The lowest BCUT2D eigenvalue weighted by molar-refractivity contribution is 0.156. The molecule has 4 rings (SSSR count). The summed E-state index contributed by atoms with van der Waals surface area (Å²) < 4.78 is 11.0. The van der Waals surface area contributed by atoms with Crippen LogP contribution >= 0.6 is 11.6 Å². The van der Waals surface area contributed by atoms with Crippen LogP contribution in [-0.2, 0) is 17.7 Å². The number of aliphatic hydroxyl groups excluding tert-OH is 1. The van der Waals surface area contributed by atoms with E-state index in [9.17, 15) is 14.7 Å². The molecule has 3 atom stereocenters. The molecule has 186 valence electrons. The van der Waals surface area contributed by atoms with Gasteiger partial charge in [0.1, 0.15) is 17.4 Å². The molecule has 0 aliphatic carbocycles. The first kappa shape index (κ1) is 24.8. The predicted molar refractivity (Wildman–Crippen MR) is 133 cm³/mol. The highest BCUT2D eigenvalue weighted by Crippen LogP contribution is 2.33. The van der Waals surface area contributed by atoms with Gasteiger partial charge in [0.05, 0.1) is 6.17 Å². The Morgan fingerprint density at radius 3 is 2.54 bits per heavy atom. The summed E-state index contributed by atoms with van der Waals surface area (Å²) in [6.45, 7) is 5.90. The lowest BCUT2D eigenvalue weighted by atomic mass is 10.1. The summed E-state index contributed by atoms with van der Waals surface area (Å²) in [7, 11) is 0. The minimum Gasteiger partial charge on any atom is -0.461 e. The van der Waals surface area contributed by atoms with Crippen LogP contribution in [-0.4, -0.2) is 47.2 Å². The first-order chi connectivity index (χ1) is 16.7. The standard InChI is InChI=1S/C25H29ClN4O5/c1-4-30(24(32)27-13-16-5-7-17(26)8-6-16)25(33)29-15(3)28-18-9-10-21-20(11-18)19(14(2)34-21)12-22-23(31)35-22/h5-11,15,22-23,28,31H,4,12-13H2,1-3H3,(H,27,32)(H,29,33). The second kappa shape index (κ2) is 10.6. The first-order valence-corrected chi connectivity index (χ1v) is 11.8. The Morgan fingerprint density at radius 1 is 1.17 bits per heavy atom. The molecule has 2 aromatic carbocycles. The van der Waals surface area contributed by atoms with Gasteiger partial charge < -0.3 is 30.2 Å². The van der Waals surface area contributed by atoms with Crippen LogP contribution in [0.1, 0.15) is 30.7 Å². The summed E-state index contributed by atoms with van der Waals surface area (Å²) in [6.07, 6.45) is -0.828. The molecule has 1 aliphatic heterocycles. The molecule has 1 fully saturated rings. The van der Waals surface area contributed by atoms with Gasteiger partial charge in [0.15, 0.2) is 6.29 Å². The SMILES string of the molecule is CCN(C(=O)NCc1ccc(Cl)cc1)C(=O)NC(C)Nc1ccc2oc(C)c(CC3OC3O)c2c1. The van der Waals surface area contributed by atoms with Crippen molar-refractivity contribution in [2.75, 3.05) is 11.9 Å². The fourth-order valence-electron chi connectivity index (χ4n) is 3.90. The number of hydrogen-bond donors (Lipinski definition) is 4. The van der Waals surface area contributed by atoms with Gasteiger partial charge in [-0.1, -0.05) is 23.7 Å². The zero-order chi connectivity index (χ0) is 25.1.